The molecule has 0 bridgehead atoms. The molecule has 0 saturated heterocycles. The summed E-state index contributed by atoms with van der Waals surface area (Å²) in [6.07, 6.45) is 6.21. The molecule has 0 amide bonds. The summed E-state index contributed by atoms with van der Waals surface area (Å²) in [5, 5.41) is 1.34. The Morgan fingerprint density at radius 2 is 2.17 bits per heavy atom. The van der Waals surface area contributed by atoms with Gasteiger partial charge in [-0.05, 0) is 62.0 Å². The Morgan fingerprint density at radius 3 is 2.90 bits per heavy atom. The number of ether oxygens (including phenoxy) is 1. The predicted octanol–water partition coefficient (Wildman–Crippen LogP) is 4.06. The SMILES string of the molecule is CCOC(=O)c1ccc2nc(SNCC3(c4ncccc4F)CCC3)ncc2c1. The van der Waals surface area contributed by atoms with Gasteiger partial charge in [-0.1, -0.05) is 6.42 Å². The molecule has 0 aliphatic heterocycles. The van der Waals surface area contributed by atoms with Crippen molar-refractivity contribution >= 4 is 28.8 Å². The second-order valence-corrected chi connectivity index (χ2v) is 7.90. The van der Waals surface area contributed by atoms with E-state index in [2.05, 4.69) is 19.7 Å². The van der Waals surface area contributed by atoms with Crippen LogP contribution >= 0.6 is 11.9 Å². The van der Waals surface area contributed by atoms with Gasteiger partial charge in [0.05, 0.1) is 23.4 Å². The highest BCUT2D eigenvalue weighted by molar-refractivity contribution is 7.97. The number of aromatic nitrogens is 3. The van der Waals surface area contributed by atoms with E-state index in [1.165, 1.54) is 18.0 Å². The smallest absolute Gasteiger partial charge is 0.338 e. The van der Waals surface area contributed by atoms with Gasteiger partial charge >= 0.3 is 5.97 Å². The van der Waals surface area contributed by atoms with Crippen molar-refractivity contribution in [1.82, 2.24) is 19.7 Å². The number of hydrogen-bond donors (Lipinski definition) is 1. The Labute approximate surface area is 172 Å². The van der Waals surface area contributed by atoms with E-state index in [0.717, 1.165) is 30.2 Å². The number of nitrogens with one attached hydrogen (secondary N) is 1. The Balaban J connectivity index is 1.44. The van der Waals surface area contributed by atoms with Crippen molar-refractivity contribution in [3.8, 4) is 0 Å². The Kier molecular flexibility index (Phi) is 5.73. The molecule has 0 radical (unpaired) electrons. The van der Waals surface area contributed by atoms with Crippen LogP contribution < -0.4 is 4.72 Å². The third-order valence-electron chi connectivity index (χ3n) is 5.21. The van der Waals surface area contributed by atoms with Crippen molar-refractivity contribution in [3.63, 3.8) is 0 Å². The summed E-state index contributed by atoms with van der Waals surface area (Å²) in [7, 11) is 0. The summed E-state index contributed by atoms with van der Waals surface area (Å²) in [5.74, 6) is -0.611. The Hall–Kier alpha value is -2.58. The number of fused-ring (bicyclic) bond motifs is 1. The summed E-state index contributed by atoms with van der Waals surface area (Å²) < 4.78 is 22.5. The number of benzene rings is 1. The minimum atomic E-state index is -0.359. The standard InChI is InChI=1S/C21H21FN4O2S/c1-2-28-19(27)14-6-7-17-15(11-14)12-24-20(26-17)29-25-13-21(8-4-9-21)18-16(22)5-3-10-23-18/h3,5-7,10-12,25H,2,4,8-9,13H2,1H3. The number of halogens is 1. The molecule has 4 rings (SSSR count). The molecule has 0 unspecified atom stereocenters. The molecule has 6 nitrogen and oxygen atoms in total. The normalized spacial score (nSPS) is 15.1. The molecule has 150 valence electrons. The zero-order valence-corrected chi connectivity index (χ0v) is 16.8. The van der Waals surface area contributed by atoms with Crippen LogP contribution in [-0.4, -0.2) is 34.1 Å². The van der Waals surface area contributed by atoms with E-state index in [0.29, 0.717) is 29.6 Å². The van der Waals surface area contributed by atoms with Crippen LogP contribution in [0, 0.1) is 5.82 Å². The topological polar surface area (TPSA) is 77.0 Å². The third kappa shape index (κ3) is 4.09. The second kappa shape index (κ2) is 8.42. The van der Waals surface area contributed by atoms with Gasteiger partial charge in [-0.3, -0.25) is 9.71 Å². The van der Waals surface area contributed by atoms with E-state index in [-0.39, 0.29) is 17.2 Å². The van der Waals surface area contributed by atoms with Gasteiger partial charge in [0.15, 0.2) is 0 Å². The van der Waals surface area contributed by atoms with Crippen molar-refractivity contribution in [2.24, 2.45) is 0 Å². The van der Waals surface area contributed by atoms with E-state index in [1.54, 1.807) is 43.6 Å². The summed E-state index contributed by atoms with van der Waals surface area (Å²) in [4.78, 5) is 25.0. The van der Waals surface area contributed by atoms with E-state index < -0.39 is 0 Å². The van der Waals surface area contributed by atoms with Crippen LogP contribution in [0.2, 0.25) is 0 Å². The van der Waals surface area contributed by atoms with Crippen molar-refractivity contribution in [2.45, 2.75) is 36.8 Å². The maximum absolute atomic E-state index is 14.2. The molecule has 8 heteroatoms. The zero-order valence-electron chi connectivity index (χ0n) is 16.0. The number of carbonyl (C=O) groups excluding carboxylic acids is 1. The molecule has 29 heavy (non-hydrogen) atoms. The van der Waals surface area contributed by atoms with Gasteiger partial charge in [0, 0.05) is 29.7 Å². The molecular formula is C21H21FN4O2S. The predicted molar refractivity (Wildman–Crippen MR) is 109 cm³/mol. The Bertz CT molecular complexity index is 1040. The highest BCUT2D eigenvalue weighted by atomic mass is 32.2. The van der Waals surface area contributed by atoms with Gasteiger partial charge in [-0.2, -0.15) is 0 Å². The summed E-state index contributed by atoms with van der Waals surface area (Å²) >= 11 is 1.32. The number of hydrogen-bond acceptors (Lipinski definition) is 7. The van der Waals surface area contributed by atoms with Crippen LogP contribution in [0.1, 0.15) is 42.2 Å². The average Bonchev–Trinajstić information content (AvgIpc) is 2.70. The van der Waals surface area contributed by atoms with Gasteiger partial charge in [0.25, 0.3) is 0 Å². The van der Waals surface area contributed by atoms with Gasteiger partial charge in [0.2, 0.25) is 5.16 Å². The fourth-order valence-electron chi connectivity index (χ4n) is 3.52. The Morgan fingerprint density at radius 1 is 1.31 bits per heavy atom. The number of rotatable bonds is 7. The molecule has 2 aromatic heterocycles. The fraction of sp³-hybridized carbons (Fsp3) is 0.333. The third-order valence-corrected chi connectivity index (χ3v) is 5.88. The fourth-order valence-corrected chi connectivity index (χ4v) is 4.25. The summed E-state index contributed by atoms with van der Waals surface area (Å²) in [5.41, 5.74) is 1.48. The van der Waals surface area contributed by atoms with Gasteiger partial charge in [0.1, 0.15) is 5.82 Å². The van der Waals surface area contributed by atoms with Gasteiger partial charge in [-0.15, -0.1) is 0 Å². The van der Waals surface area contributed by atoms with Gasteiger partial charge in [-0.25, -0.2) is 19.2 Å². The first-order valence-electron chi connectivity index (χ1n) is 9.56. The van der Waals surface area contributed by atoms with Crippen LogP contribution in [-0.2, 0) is 10.2 Å². The molecule has 1 aliphatic rings. The number of pyridine rings is 1. The largest absolute Gasteiger partial charge is 0.462 e. The van der Waals surface area contributed by atoms with Crippen molar-refractivity contribution in [3.05, 3.63) is 59.8 Å². The minimum Gasteiger partial charge on any atom is -0.462 e. The first kappa shape index (κ1) is 19.7. The van der Waals surface area contributed by atoms with Crippen molar-refractivity contribution in [2.75, 3.05) is 13.2 Å². The zero-order chi connectivity index (χ0) is 20.3. The molecule has 1 N–H and O–H groups in total. The number of nitrogens with zero attached hydrogens (tertiary/aromatic N) is 3. The number of esters is 1. The van der Waals surface area contributed by atoms with E-state index >= 15 is 0 Å². The molecule has 1 aliphatic carbocycles. The summed E-state index contributed by atoms with van der Waals surface area (Å²) in [6.45, 7) is 2.70. The molecule has 1 saturated carbocycles. The quantitative estimate of drug-likeness (QED) is 0.356. The molecule has 3 aromatic rings. The highest BCUT2D eigenvalue weighted by Crippen LogP contribution is 2.43. The van der Waals surface area contributed by atoms with E-state index in [1.807, 2.05) is 0 Å². The molecule has 0 spiro atoms. The minimum absolute atomic E-state index is 0.252. The molecule has 0 atom stereocenters. The highest BCUT2D eigenvalue weighted by Gasteiger charge is 2.41. The second-order valence-electron chi connectivity index (χ2n) is 7.04. The maximum atomic E-state index is 14.2. The lowest BCUT2D eigenvalue weighted by Gasteiger charge is -2.41. The van der Waals surface area contributed by atoms with Crippen LogP contribution in [0.5, 0.6) is 0 Å². The van der Waals surface area contributed by atoms with Crippen molar-refractivity contribution < 1.29 is 13.9 Å². The van der Waals surface area contributed by atoms with Crippen LogP contribution in [0.4, 0.5) is 4.39 Å². The molecule has 1 fully saturated rings. The van der Waals surface area contributed by atoms with Crippen LogP contribution in [0.3, 0.4) is 0 Å². The average molecular weight is 412 g/mol. The molecule has 1 aromatic carbocycles. The maximum Gasteiger partial charge on any atom is 0.338 e. The van der Waals surface area contributed by atoms with Crippen molar-refractivity contribution in [1.29, 1.82) is 0 Å². The summed E-state index contributed by atoms with van der Waals surface area (Å²) in [6, 6.07) is 8.28. The monoisotopic (exact) mass is 412 g/mol. The molecule has 2 heterocycles. The van der Waals surface area contributed by atoms with Crippen LogP contribution in [0.25, 0.3) is 10.9 Å². The number of carbonyl (C=O) groups is 1. The van der Waals surface area contributed by atoms with E-state index in [4.69, 9.17) is 4.74 Å². The first-order chi connectivity index (χ1) is 14.1. The lowest BCUT2D eigenvalue weighted by Crippen LogP contribution is -2.43. The van der Waals surface area contributed by atoms with E-state index in [9.17, 15) is 9.18 Å². The van der Waals surface area contributed by atoms with Crippen LogP contribution in [0.15, 0.2) is 47.9 Å². The molecular weight excluding hydrogens is 391 g/mol. The lowest BCUT2D eigenvalue weighted by molar-refractivity contribution is 0.0526. The first-order valence-corrected chi connectivity index (χ1v) is 10.4. The lowest BCUT2D eigenvalue weighted by atomic mass is 9.66. The van der Waals surface area contributed by atoms with Gasteiger partial charge < -0.3 is 4.74 Å².